The fraction of sp³-hybridized carbons (Fsp3) is 0.364. The number of nitrogens with one attached hydrogen (secondary N) is 1. The largest absolute Gasteiger partial charge is 0.496 e. The highest BCUT2D eigenvalue weighted by molar-refractivity contribution is 7.89. The van der Waals surface area contributed by atoms with Crippen molar-refractivity contribution in [3.8, 4) is 5.75 Å². The van der Waals surface area contributed by atoms with Gasteiger partial charge in [0.25, 0.3) is 0 Å². The first kappa shape index (κ1) is 22.0. The second-order valence-electron chi connectivity index (χ2n) is 7.16. The second-order valence-corrected chi connectivity index (χ2v) is 9.09. The van der Waals surface area contributed by atoms with Crippen molar-refractivity contribution in [3.05, 3.63) is 59.7 Å². The van der Waals surface area contributed by atoms with Gasteiger partial charge in [0.05, 0.1) is 17.6 Å². The lowest BCUT2D eigenvalue weighted by Gasteiger charge is -2.15. The van der Waals surface area contributed by atoms with E-state index in [4.69, 9.17) is 4.74 Å². The number of carbonyl (C=O) groups excluding carboxylic acids is 2. The number of hydrogen-bond acceptors (Lipinski definition) is 5. The average molecular weight is 431 g/mol. The molecule has 1 heterocycles. The summed E-state index contributed by atoms with van der Waals surface area (Å²) in [7, 11) is -1.94. The summed E-state index contributed by atoms with van der Waals surface area (Å²) in [5, 5.41) is 2.77. The minimum atomic E-state index is -3.44. The maximum absolute atomic E-state index is 12.5. The highest BCUT2D eigenvalue weighted by Crippen LogP contribution is 2.21. The van der Waals surface area contributed by atoms with E-state index in [1.54, 1.807) is 48.5 Å². The molecule has 0 atom stereocenters. The van der Waals surface area contributed by atoms with Gasteiger partial charge >= 0.3 is 0 Å². The van der Waals surface area contributed by atoms with Crippen LogP contribution in [0.2, 0.25) is 0 Å². The fourth-order valence-electron chi connectivity index (χ4n) is 3.38. The Morgan fingerprint density at radius 3 is 2.33 bits per heavy atom. The predicted molar refractivity (Wildman–Crippen MR) is 113 cm³/mol. The van der Waals surface area contributed by atoms with Gasteiger partial charge in [-0.3, -0.25) is 9.59 Å². The Balaban J connectivity index is 1.49. The van der Waals surface area contributed by atoms with Gasteiger partial charge in [0.2, 0.25) is 15.9 Å². The van der Waals surface area contributed by atoms with Crippen molar-refractivity contribution in [3.63, 3.8) is 0 Å². The molecule has 0 saturated carbocycles. The van der Waals surface area contributed by atoms with E-state index in [2.05, 4.69) is 5.32 Å². The fourth-order valence-corrected chi connectivity index (χ4v) is 4.90. The number of nitrogens with zero attached hydrogens (tertiary/aromatic N) is 1. The van der Waals surface area contributed by atoms with E-state index < -0.39 is 10.0 Å². The first-order chi connectivity index (χ1) is 14.4. The van der Waals surface area contributed by atoms with Crippen molar-refractivity contribution < 1.29 is 22.7 Å². The summed E-state index contributed by atoms with van der Waals surface area (Å²) < 4.78 is 31.8. The van der Waals surface area contributed by atoms with Gasteiger partial charge < -0.3 is 10.1 Å². The normalized spacial score (nSPS) is 14.4. The Hall–Kier alpha value is -2.71. The zero-order valence-corrected chi connectivity index (χ0v) is 17.8. The van der Waals surface area contributed by atoms with E-state index >= 15 is 0 Å². The number of hydrogen-bond donors (Lipinski definition) is 1. The topological polar surface area (TPSA) is 92.8 Å². The summed E-state index contributed by atoms with van der Waals surface area (Å²) in [5.74, 6) is 0.0953. The van der Waals surface area contributed by atoms with Crippen LogP contribution in [0.15, 0.2) is 53.4 Å². The number of ether oxygens (including phenoxy) is 1. The summed E-state index contributed by atoms with van der Waals surface area (Å²) in [6.45, 7) is 1.40. The molecule has 0 aliphatic carbocycles. The van der Waals surface area contributed by atoms with Crippen LogP contribution in [0.25, 0.3) is 0 Å². The van der Waals surface area contributed by atoms with Crippen LogP contribution in [0, 0.1) is 0 Å². The number of carbonyl (C=O) groups is 2. The molecule has 1 saturated heterocycles. The standard InChI is InChI=1S/C22H26N2O5S/c1-29-21-7-3-2-6-19(21)20(25)12-13-22(26)23-16-17-8-10-18(11-9-17)30(27,28)24-14-4-5-15-24/h2-3,6-11H,4-5,12-16H2,1H3,(H,23,26). The van der Waals surface area contributed by atoms with E-state index in [0.29, 0.717) is 24.4 Å². The minimum absolute atomic E-state index is 0.0678. The SMILES string of the molecule is COc1ccccc1C(=O)CCC(=O)NCc1ccc(S(=O)(=O)N2CCCC2)cc1. The molecule has 0 bridgehead atoms. The van der Waals surface area contributed by atoms with Gasteiger partial charge in [0.1, 0.15) is 5.75 Å². The molecule has 1 amide bonds. The van der Waals surface area contributed by atoms with Crippen LogP contribution in [0.3, 0.4) is 0 Å². The lowest BCUT2D eigenvalue weighted by atomic mass is 10.1. The number of rotatable bonds is 9. The second kappa shape index (κ2) is 9.86. The molecule has 0 radical (unpaired) electrons. The molecule has 0 spiro atoms. The van der Waals surface area contributed by atoms with Crippen molar-refractivity contribution >= 4 is 21.7 Å². The number of methoxy groups -OCH3 is 1. The summed E-state index contributed by atoms with van der Waals surface area (Å²) in [5.41, 5.74) is 1.25. The number of sulfonamides is 1. The van der Waals surface area contributed by atoms with Crippen LogP contribution in [0.5, 0.6) is 5.75 Å². The van der Waals surface area contributed by atoms with Gasteiger partial charge in [0, 0.05) is 32.5 Å². The monoisotopic (exact) mass is 430 g/mol. The first-order valence-electron chi connectivity index (χ1n) is 9.94. The smallest absolute Gasteiger partial charge is 0.243 e. The van der Waals surface area contributed by atoms with Gasteiger partial charge in [-0.15, -0.1) is 0 Å². The third kappa shape index (κ3) is 5.25. The van der Waals surface area contributed by atoms with Crippen molar-refractivity contribution in [2.24, 2.45) is 0 Å². The summed E-state index contributed by atoms with van der Waals surface area (Å²) >= 11 is 0. The third-order valence-electron chi connectivity index (χ3n) is 5.10. The molecule has 30 heavy (non-hydrogen) atoms. The Bertz CT molecular complexity index is 996. The average Bonchev–Trinajstić information content (AvgIpc) is 3.32. The van der Waals surface area contributed by atoms with Crippen molar-refractivity contribution in [2.45, 2.75) is 37.1 Å². The molecule has 3 rings (SSSR count). The molecule has 2 aromatic carbocycles. The maximum Gasteiger partial charge on any atom is 0.243 e. The molecule has 0 unspecified atom stereocenters. The summed E-state index contributed by atoms with van der Waals surface area (Å²) in [4.78, 5) is 24.7. The molecule has 1 aliphatic rings. The molecule has 1 fully saturated rings. The highest BCUT2D eigenvalue weighted by atomic mass is 32.2. The van der Waals surface area contributed by atoms with Crippen molar-refractivity contribution in [2.75, 3.05) is 20.2 Å². The van der Waals surface area contributed by atoms with E-state index in [9.17, 15) is 18.0 Å². The molecular formula is C22H26N2O5S. The first-order valence-corrected chi connectivity index (χ1v) is 11.4. The lowest BCUT2D eigenvalue weighted by molar-refractivity contribution is -0.121. The molecule has 1 N–H and O–H groups in total. The van der Waals surface area contributed by atoms with Crippen LogP contribution in [-0.4, -0.2) is 44.6 Å². The Morgan fingerprint density at radius 2 is 1.67 bits per heavy atom. The molecule has 8 heteroatoms. The molecule has 1 aliphatic heterocycles. The van der Waals surface area contributed by atoms with E-state index in [1.165, 1.54) is 11.4 Å². The lowest BCUT2D eigenvalue weighted by Crippen LogP contribution is -2.28. The Labute approximate surface area is 177 Å². The zero-order valence-electron chi connectivity index (χ0n) is 17.0. The third-order valence-corrected chi connectivity index (χ3v) is 7.02. The van der Waals surface area contributed by atoms with E-state index in [1.807, 2.05) is 0 Å². The van der Waals surface area contributed by atoms with E-state index in [0.717, 1.165) is 18.4 Å². The molecule has 0 aromatic heterocycles. The van der Waals surface area contributed by atoms with E-state index in [-0.39, 0.29) is 36.0 Å². The number of benzene rings is 2. The number of amides is 1. The van der Waals surface area contributed by atoms with Gasteiger partial charge in [0.15, 0.2) is 5.78 Å². The molecule has 160 valence electrons. The zero-order chi connectivity index (χ0) is 21.6. The molecule has 2 aromatic rings. The maximum atomic E-state index is 12.5. The highest BCUT2D eigenvalue weighted by Gasteiger charge is 2.26. The van der Waals surface area contributed by atoms with Gasteiger partial charge in [-0.05, 0) is 42.7 Å². The summed E-state index contributed by atoms with van der Waals surface area (Å²) in [6.07, 6.45) is 1.93. The van der Waals surface area contributed by atoms with Crippen molar-refractivity contribution in [1.82, 2.24) is 9.62 Å². The molecule has 7 nitrogen and oxygen atoms in total. The number of Topliss-reactive ketones (excluding diaryl/α,β-unsaturated/α-hetero) is 1. The van der Waals surface area contributed by atoms with Crippen LogP contribution in [0.1, 0.15) is 41.6 Å². The van der Waals surface area contributed by atoms with Crippen LogP contribution in [0.4, 0.5) is 0 Å². The minimum Gasteiger partial charge on any atom is -0.496 e. The molecular weight excluding hydrogens is 404 g/mol. The van der Waals surface area contributed by atoms with Gasteiger partial charge in [-0.25, -0.2) is 8.42 Å². The van der Waals surface area contributed by atoms with Gasteiger partial charge in [-0.2, -0.15) is 4.31 Å². The predicted octanol–water partition coefficient (Wildman–Crippen LogP) is 2.76. The van der Waals surface area contributed by atoms with Crippen LogP contribution in [-0.2, 0) is 21.4 Å². The number of ketones is 1. The quantitative estimate of drug-likeness (QED) is 0.618. The Morgan fingerprint density at radius 1 is 1.00 bits per heavy atom. The van der Waals surface area contributed by atoms with Gasteiger partial charge in [-0.1, -0.05) is 24.3 Å². The van der Waals surface area contributed by atoms with Crippen LogP contribution < -0.4 is 10.1 Å². The summed E-state index contributed by atoms with van der Waals surface area (Å²) in [6, 6.07) is 13.5. The number of para-hydroxylation sites is 1. The van der Waals surface area contributed by atoms with Crippen LogP contribution >= 0.6 is 0 Å². The Kier molecular flexibility index (Phi) is 7.23. The van der Waals surface area contributed by atoms with Crippen molar-refractivity contribution in [1.29, 1.82) is 0 Å².